The highest BCUT2D eigenvalue weighted by molar-refractivity contribution is 5.76. The van der Waals surface area contributed by atoms with Crippen molar-refractivity contribution in [3.63, 3.8) is 0 Å². The number of hydrogen-bond donors (Lipinski definition) is 2. The number of amides is 1. The van der Waals surface area contributed by atoms with Crippen molar-refractivity contribution in [3.05, 3.63) is 17.0 Å². The van der Waals surface area contributed by atoms with E-state index in [2.05, 4.69) is 27.3 Å². The Bertz CT molecular complexity index is 548. The third-order valence-corrected chi connectivity index (χ3v) is 5.94. The number of rotatable bonds is 6. The third-order valence-electron chi connectivity index (χ3n) is 5.94. The first kappa shape index (κ1) is 17.5. The molecule has 2 fully saturated rings. The predicted molar refractivity (Wildman–Crippen MR) is 95.9 cm³/mol. The summed E-state index contributed by atoms with van der Waals surface area (Å²) in [6, 6.07) is 0.810. The maximum absolute atomic E-state index is 12.1. The van der Waals surface area contributed by atoms with E-state index in [0.717, 1.165) is 30.4 Å². The molecule has 2 heterocycles. The van der Waals surface area contributed by atoms with E-state index in [1.54, 1.807) is 0 Å². The fraction of sp³-hybridized carbons (Fsp3) is 0.789. The first-order valence-corrected chi connectivity index (χ1v) is 9.64. The van der Waals surface area contributed by atoms with Crippen LogP contribution in [0.5, 0.6) is 0 Å². The zero-order chi connectivity index (χ0) is 16.9. The molecule has 1 aliphatic heterocycles. The fourth-order valence-corrected chi connectivity index (χ4v) is 4.16. The predicted octanol–water partition coefficient (Wildman–Crippen LogP) is 2.73. The van der Waals surface area contributed by atoms with E-state index < -0.39 is 0 Å². The molecule has 1 amide bonds. The summed E-state index contributed by atoms with van der Waals surface area (Å²) in [6.07, 6.45) is 9.45. The number of likely N-dealkylation sites (tertiary alicyclic amines) is 1. The molecular formula is C19H32N4O. The molecule has 1 aromatic rings. The van der Waals surface area contributed by atoms with Gasteiger partial charge < -0.3 is 10.2 Å². The molecule has 1 unspecified atom stereocenters. The van der Waals surface area contributed by atoms with E-state index in [1.165, 1.54) is 57.2 Å². The minimum absolute atomic E-state index is 0.158. The molecule has 0 aromatic carbocycles. The molecule has 5 heteroatoms. The van der Waals surface area contributed by atoms with Crippen LogP contribution < -0.4 is 5.32 Å². The monoisotopic (exact) mass is 332 g/mol. The molecule has 1 atom stereocenters. The highest BCUT2D eigenvalue weighted by Crippen LogP contribution is 2.27. The molecule has 1 saturated carbocycles. The van der Waals surface area contributed by atoms with Crippen LogP contribution in [0.25, 0.3) is 0 Å². The maximum Gasteiger partial charge on any atom is 0.220 e. The summed E-state index contributed by atoms with van der Waals surface area (Å²) >= 11 is 0. The highest BCUT2D eigenvalue weighted by atomic mass is 16.1. The Balaban J connectivity index is 1.35. The number of carbonyl (C=O) groups excluding carboxylic acids is 1. The van der Waals surface area contributed by atoms with Crippen LogP contribution >= 0.6 is 0 Å². The van der Waals surface area contributed by atoms with Gasteiger partial charge in [0.2, 0.25) is 5.91 Å². The number of H-pyrrole nitrogens is 1. The van der Waals surface area contributed by atoms with E-state index >= 15 is 0 Å². The summed E-state index contributed by atoms with van der Waals surface area (Å²) in [4.78, 5) is 14.8. The van der Waals surface area contributed by atoms with Crippen molar-refractivity contribution in [2.24, 2.45) is 5.92 Å². The second-order valence-electron chi connectivity index (χ2n) is 7.67. The van der Waals surface area contributed by atoms with Crippen LogP contribution in [0.15, 0.2) is 0 Å². The lowest BCUT2D eigenvalue weighted by Crippen LogP contribution is -2.36. The largest absolute Gasteiger partial charge is 0.356 e. The lowest BCUT2D eigenvalue weighted by atomic mass is 9.94. The van der Waals surface area contributed by atoms with Crippen LogP contribution in [-0.4, -0.2) is 46.7 Å². The molecular weight excluding hydrogens is 300 g/mol. The smallest absolute Gasteiger partial charge is 0.220 e. The van der Waals surface area contributed by atoms with Gasteiger partial charge in [-0.2, -0.15) is 5.10 Å². The van der Waals surface area contributed by atoms with Gasteiger partial charge in [0, 0.05) is 37.7 Å². The normalized spacial score (nSPS) is 22.8. The molecule has 1 saturated heterocycles. The van der Waals surface area contributed by atoms with Gasteiger partial charge in [0.15, 0.2) is 0 Å². The summed E-state index contributed by atoms with van der Waals surface area (Å²) in [6.45, 7) is 7.30. The lowest BCUT2D eigenvalue weighted by molar-refractivity contribution is -0.121. The Kier molecular flexibility index (Phi) is 5.93. The maximum atomic E-state index is 12.1. The van der Waals surface area contributed by atoms with E-state index in [1.807, 2.05) is 6.92 Å². The number of nitrogens with zero attached hydrogens (tertiary/aromatic N) is 2. The van der Waals surface area contributed by atoms with Crippen molar-refractivity contribution in [1.29, 1.82) is 0 Å². The first-order valence-electron chi connectivity index (χ1n) is 9.64. The van der Waals surface area contributed by atoms with Crippen LogP contribution in [0.3, 0.4) is 0 Å². The summed E-state index contributed by atoms with van der Waals surface area (Å²) in [5.74, 6) is 0.788. The van der Waals surface area contributed by atoms with Crippen molar-refractivity contribution in [1.82, 2.24) is 20.4 Å². The first-order chi connectivity index (χ1) is 11.6. The van der Waals surface area contributed by atoms with E-state index in [9.17, 15) is 4.79 Å². The molecule has 2 N–H and O–H groups in total. The molecule has 24 heavy (non-hydrogen) atoms. The van der Waals surface area contributed by atoms with Crippen LogP contribution in [0.4, 0.5) is 0 Å². The van der Waals surface area contributed by atoms with Gasteiger partial charge in [0.1, 0.15) is 0 Å². The summed E-state index contributed by atoms with van der Waals surface area (Å²) in [7, 11) is 0. The third kappa shape index (κ3) is 4.38. The zero-order valence-electron chi connectivity index (χ0n) is 15.2. The standard InChI is InChI=1S/C19H32N4O/c1-14-15(2)21-22-18(14)8-9-19(24)20-12-16-10-11-23(13-16)17-6-4-3-5-7-17/h16-17H,3-13H2,1-2H3,(H,20,24)(H,21,22). The second-order valence-corrected chi connectivity index (χ2v) is 7.67. The van der Waals surface area contributed by atoms with Gasteiger partial charge in [-0.3, -0.25) is 9.89 Å². The molecule has 1 aromatic heterocycles. The average molecular weight is 332 g/mol. The Labute approximate surface area is 145 Å². The van der Waals surface area contributed by atoms with Crippen molar-refractivity contribution >= 4 is 5.91 Å². The fourth-order valence-electron chi connectivity index (χ4n) is 4.16. The van der Waals surface area contributed by atoms with E-state index in [-0.39, 0.29) is 5.91 Å². The van der Waals surface area contributed by atoms with Gasteiger partial charge in [-0.15, -0.1) is 0 Å². The number of aryl methyl sites for hydroxylation is 2. The van der Waals surface area contributed by atoms with Gasteiger partial charge in [0.05, 0.1) is 5.69 Å². The van der Waals surface area contributed by atoms with E-state index in [0.29, 0.717) is 12.3 Å². The quantitative estimate of drug-likeness (QED) is 0.842. The molecule has 134 valence electrons. The van der Waals surface area contributed by atoms with Crippen molar-refractivity contribution in [2.45, 2.75) is 71.3 Å². The minimum atomic E-state index is 0.158. The van der Waals surface area contributed by atoms with E-state index in [4.69, 9.17) is 0 Å². The molecule has 3 rings (SSSR count). The second kappa shape index (κ2) is 8.15. The van der Waals surface area contributed by atoms with Crippen LogP contribution in [0, 0.1) is 19.8 Å². The number of carbonyl (C=O) groups is 1. The summed E-state index contributed by atoms with van der Waals surface area (Å²) in [5, 5.41) is 10.4. The Hall–Kier alpha value is -1.36. The van der Waals surface area contributed by atoms with Crippen LogP contribution in [-0.2, 0) is 11.2 Å². The van der Waals surface area contributed by atoms with Gasteiger partial charge in [0.25, 0.3) is 0 Å². The minimum Gasteiger partial charge on any atom is -0.356 e. The summed E-state index contributed by atoms with van der Waals surface area (Å²) < 4.78 is 0. The Morgan fingerprint density at radius 3 is 2.75 bits per heavy atom. The van der Waals surface area contributed by atoms with Crippen LogP contribution in [0.1, 0.15) is 61.9 Å². The highest BCUT2D eigenvalue weighted by Gasteiger charge is 2.29. The van der Waals surface area contributed by atoms with Crippen molar-refractivity contribution in [3.8, 4) is 0 Å². The summed E-state index contributed by atoms with van der Waals surface area (Å²) in [5.41, 5.74) is 3.30. The number of aromatic amines is 1. The molecule has 1 aliphatic carbocycles. The SMILES string of the molecule is Cc1[nH]nc(CCC(=O)NCC2CCN(C3CCCCC3)C2)c1C. The van der Waals surface area contributed by atoms with Gasteiger partial charge in [-0.25, -0.2) is 0 Å². The average Bonchev–Trinajstić information content (AvgIpc) is 3.20. The van der Waals surface area contributed by atoms with Gasteiger partial charge in [-0.05, 0) is 51.1 Å². The number of hydrogen-bond acceptors (Lipinski definition) is 3. The molecule has 0 radical (unpaired) electrons. The van der Waals surface area contributed by atoms with Crippen LogP contribution in [0.2, 0.25) is 0 Å². The lowest BCUT2D eigenvalue weighted by Gasteiger charge is -2.31. The molecule has 0 bridgehead atoms. The van der Waals surface area contributed by atoms with Gasteiger partial charge in [-0.1, -0.05) is 19.3 Å². The topological polar surface area (TPSA) is 61.0 Å². The molecule has 0 spiro atoms. The van der Waals surface area contributed by atoms with Crippen molar-refractivity contribution in [2.75, 3.05) is 19.6 Å². The molecule has 5 nitrogen and oxygen atoms in total. The Morgan fingerprint density at radius 2 is 2.04 bits per heavy atom. The zero-order valence-corrected chi connectivity index (χ0v) is 15.2. The molecule has 2 aliphatic rings. The van der Waals surface area contributed by atoms with Crippen molar-refractivity contribution < 1.29 is 4.79 Å². The number of nitrogens with one attached hydrogen (secondary N) is 2. The van der Waals surface area contributed by atoms with Gasteiger partial charge >= 0.3 is 0 Å². The number of aromatic nitrogens is 2. The Morgan fingerprint density at radius 1 is 1.25 bits per heavy atom.